The van der Waals surface area contributed by atoms with Crippen molar-refractivity contribution in [2.24, 2.45) is 5.92 Å². The summed E-state index contributed by atoms with van der Waals surface area (Å²) in [7, 11) is 1.65. The summed E-state index contributed by atoms with van der Waals surface area (Å²) in [5.41, 5.74) is 0.693. The zero-order valence-corrected chi connectivity index (χ0v) is 18.6. The van der Waals surface area contributed by atoms with E-state index < -0.39 is 5.60 Å². The van der Waals surface area contributed by atoms with Gasteiger partial charge in [0.1, 0.15) is 18.0 Å². The first-order valence-electron chi connectivity index (χ1n) is 10.8. The third-order valence-electron chi connectivity index (χ3n) is 5.75. The van der Waals surface area contributed by atoms with Crippen molar-refractivity contribution in [2.45, 2.75) is 58.1 Å². The van der Waals surface area contributed by atoms with E-state index in [1.807, 2.05) is 49.9 Å². The van der Waals surface area contributed by atoms with Crippen LogP contribution in [0, 0.1) is 5.92 Å². The number of piperidine rings is 1. The Bertz CT molecular complexity index is 720. The van der Waals surface area contributed by atoms with Gasteiger partial charge in [-0.15, -0.1) is 0 Å². The van der Waals surface area contributed by atoms with Gasteiger partial charge in [0.25, 0.3) is 0 Å². The van der Waals surface area contributed by atoms with Gasteiger partial charge in [0.2, 0.25) is 0 Å². The van der Waals surface area contributed by atoms with E-state index in [-0.39, 0.29) is 18.2 Å². The molecule has 7 nitrogen and oxygen atoms in total. The Morgan fingerprint density at radius 1 is 1.17 bits per heavy atom. The van der Waals surface area contributed by atoms with E-state index in [1.165, 1.54) is 0 Å². The van der Waals surface area contributed by atoms with Crippen molar-refractivity contribution >= 4 is 12.2 Å². The predicted molar refractivity (Wildman–Crippen MR) is 114 cm³/mol. The number of hydrogen-bond donors (Lipinski definition) is 0. The third kappa shape index (κ3) is 6.03. The van der Waals surface area contributed by atoms with E-state index in [0.717, 1.165) is 37.0 Å². The summed E-state index contributed by atoms with van der Waals surface area (Å²) in [6.07, 6.45) is 3.11. The Hall–Kier alpha value is -2.44. The second-order valence-corrected chi connectivity index (χ2v) is 9.18. The minimum absolute atomic E-state index is 0.0627. The number of benzene rings is 1. The molecule has 2 fully saturated rings. The molecule has 0 saturated carbocycles. The Balaban J connectivity index is 1.46. The van der Waals surface area contributed by atoms with Gasteiger partial charge in [0, 0.05) is 19.6 Å². The van der Waals surface area contributed by atoms with Gasteiger partial charge in [0.05, 0.1) is 13.2 Å². The smallest absolute Gasteiger partial charge is 0.410 e. The van der Waals surface area contributed by atoms with E-state index in [1.54, 1.807) is 12.0 Å². The van der Waals surface area contributed by atoms with E-state index in [0.29, 0.717) is 32.2 Å². The van der Waals surface area contributed by atoms with Gasteiger partial charge < -0.3 is 24.0 Å². The summed E-state index contributed by atoms with van der Waals surface area (Å²) < 4.78 is 16.0. The summed E-state index contributed by atoms with van der Waals surface area (Å²) in [6.45, 7) is 8.19. The summed E-state index contributed by atoms with van der Waals surface area (Å²) >= 11 is 0. The van der Waals surface area contributed by atoms with E-state index >= 15 is 0 Å². The molecule has 0 radical (unpaired) electrons. The second kappa shape index (κ2) is 9.58. The van der Waals surface area contributed by atoms with Crippen molar-refractivity contribution in [3.05, 3.63) is 29.8 Å². The molecule has 3 rings (SSSR count). The molecule has 1 unspecified atom stereocenters. The number of ether oxygens (including phenoxy) is 3. The number of carbonyl (C=O) groups excluding carboxylic acids is 2. The van der Waals surface area contributed by atoms with Crippen LogP contribution < -0.4 is 4.74 Å². The number of hydrogen-bond acceptors (Lipinski definition) is 5. The normalized spacial score (nSPS) is 20.3. The van der Waals surface area contributed by atoms with Crippen LogP contribution in [0.5, 0.6) is 5.75 Å². The molecule has 7 heteroatoms. The second-order valence-electron chi connectivity index (χ2n) is 9.18. The van der Waals surface area contributed by atoms with Crippen LogP contribution >= 0.6 is 0 Å². The average Bonchev–Trinajstić information content (AvgIpc) is 3.05. The Kier molecular flexibility index (Phi) is 7.10. The van der Waals surface area contributed by atoms with Crippen LogP contribution in [0.15, 0.2) is 24.3 Å². The molecule has 1 aromatic rings. The number of rotatable bonds is 6. The highest BCUT2D eigenvalue weighted by atomic mass is 16.6. The van der Waals surface area contributed by atoms with Crippen LogP contribution in [0.1, 0.15) is 45.6 Å². The number of nitrogens with zero attached hydrogens (tertiary/aromatic N) is 2. The quantitative estimate of drug-likeness (QED) is 0.696. The number of likely N-dealkylation sites (tertiary alicyclic amines) is 1. The highest BCUT2D eigenvalue weighted by molar-refractivity contribution is 5.70. The standard InChI is InChI=1S/C23H34N2O5/c1-23(2,3)30-21(26)24-12-9-17(10-13-24)11-14-25-19(16-29-22(25)27)15-18-5-7-20(28-4)8-6-18/h5-8,17,19H,9-16H2,1-4H3. The Labute approximate surface area is 179 Å². The summed E-state index contributed by atoms with van der Waals surface area (Å²) in [5.74, 6) is 1.32. The van der Waals surface area contributed by atoms with Gasteiger partial charge in [-0.05, 0) is 70.1 Å². The van der Waals surface area contributed by atoms with Crippen molar-refractivity contribution in [3.63, 3.8) is 0 Å². The molecule has 2 heterocycles. The van der Waals surface area contributed by atoms with E-state index in [4.69, 9.17) is 14.2 Å². The van der Waals surface area contributed by atoms with Crippen LogP contribution in [0.2, 0.25) is 0 Å². The van der Waals surface area contributed by atoms with Gasteiger partial charge in [-0.1, -0.05) is 12.1 Å². The van der Waals surface area contributed by atoms with Crippen LogP contribution in [-0.2, 0) is 15.9 Å². The lowest BCUT2D eigenvalue weighted by atomic mass is 9.93. The largest absolute Gasteiger partial charge is 0.497 e. The molecule has 2 amide bonds. The van der Waals surface area contributed by atoms with E-state index in [9.17, 15) is 9.59 Å². The fraction of sp³-hybridized carbons (Fsp3) is 0.652. The van der Waals surface area contributed by atoms with Crippen LogP contribution in [0.4, 0.5) is 9.59 Å². The zero-order valence-electron chi connectivity index (χ0n) is 18.6. The molecule has 0 aliphatic carbocycles. The number of cyclic esters (lactones) is 1. The molecule has 0 bridgehead atoms. The lowest BCUT2D eigenvalue weighted by Gasteiger charge is -2.34. The topological polar surface area (TPSA) is 68.3 Å². The van der Waals surface area contributed by atoms with Crippen molar-refractivity contribution in [1.29, 1.82) is 0 Å². The molecule has 166 valence electrons. The maximum absolute atomic E-state index is 12.2. The lowest BCUT2D eigenvalue weighted by Crippen LogP contribution is -2.42. The van der Waals surface area contributed by atoms with Gasteiger partial charge in [-0.3, -0.25) is 0 Å². The van der Waals surface area contributed by atoms with Crippen LogP contribution in [0.25, 0.3) is 0 Å². The summed E-state index contributed by atoms with van der Waals surface area (Å²) in [6, 6.07) is 8.01. The maximum atomic E-state index is 12.2. The molecule has 30 heavy (non-hydrogen) atoms. The van der Waals surface area contributed by atoms with Gasteiger partial charge in [-0.25, -0.2) is 9.59 Å². The molecule has 2 aliphatic heterocycles. The van der Waals surface area contributed by atoms with Gasteiger partial charge in [0.15, 0.2) is 0 Å². The minimum Gasteiger partial charge on any atom is -0.497 e. The Morgan fingerprint density at radius 2 is 1.83 bits per heavy atom. The third-order valence-corrected chi connectivity index (χ3v) is 5.75. The number of amides is 2. The van der Waals surface area contributed by atoms with Gasteiger partial charge >= 0.3 is 12.2 Å². The summed E-state index contributed by atoms with van der Waals surface area (Å²) in [5, 5.41) is 0. The predicted octanol–water partition coefficient (Wildman–Crippen LogP) is 4.10. The maximum Gasteiger partial charge on any atom is 0.410 e. The molecule has 1 atom stereocenters. The first-order chi connectivity index (χ1) is 14.2. The molecule has 2 saturated heterocycles. The number of carbonyl (C=O) groups is 2. The summed E-state index contributed by atoms with van der Waals surface area (Å²) in [4.78, 5) is 28.1. The average molecular weight is 419 g/mol. The minimum atomic E-state index is -0.469. The Morgan fingerprint density at radius 3 is 2.43 bits per heavy atom. The first kappa shape index (κ1) is 22.2. The lowest BCUT2D eigenvalue weighted by molar-refractivity contribution is 0.0179. The van der Waals surface area contributed by atoms with Gasteiger partial charge in [-0.2, -0.15) is 0 Å². The molecule has 2 aliphatic rings. The number of methoxy groups -OCH3 is 1. The molecular formula is C23H34N2O5. The first-order valence-corrected chi connectivity index (χ1v) is 10.8. The molecule has 1 aromatic carbocycles. The SMILES string of the molecule is COc1ccc(CC2COC(=O)N2CCC2CCN(C(=O)OC(C)(C)C)CC2)cc1. The molecule has 0 aromatic heterocycles. The zero-order chi connectivity index (χ0) is 21.7. The van der Waals surface area contributed by atoms with Crippen molar-refractivity contribution in [2.75, 3.05) is 33.4 Å². The fourth-order valence-corrected chi connectivity index (χ4v) is 4.02. The van der Waals surface area contributed by atoms with E-state index in [2.05, 4.69) is 0 Å². The monoisotopic (exact) mass is 418 g/mol. The fourth-order valence-electron chi connectivity index (χ4n) is 4.02. The highest BCUT2D eigenvalue weighted by Gasteiger charge is 2.34. The van der Waals surface area contributed by atoms with Crippen LogP contribution in [0.3, 0.4) is 0 Å². The molecule has 0 spiro atoms. The van der Waals surface area contributed by atoms with Crippen LogP contribution in [-0.4, -0.2) is 67.0 Å². The molecular weight excluding hydrogens is 384 g/mol. The van der Waals surface area contributed by atoms with Crippen molar-refractivity contribution < 1.29 is 23.8 Å². The van der Waals surface area contributed by atoms with Crippen molar-refractivity contribution in [1.82, 2.24) is 9.80 Å². The molecule has 0 N–H and O–H groups in total. The van der Waals surface area contributed by atoms with Crippen molar-refractivity contribution in [3.8, 4) is 5.75 Å². The highest BCUT2D eigenvalue weighted by Crippen LogP contribution is 2.25.